The average molecular weight is 360 g/mol. The molecule has 3 rings (SSSR count). The fraction of sp³-hybridized carbons (Fsp3) is 0.632. The molecule has 1 aliphatic carbocycles. The van der Waals surface area contributed by atoms with E-state index in [4.69, 9.17) is 0 Å². The molecule has 0 bridgehead atoms. The van der Waals surface area contributed by atoms with Gasteiger partial charge in [0.15, 0.2) is 0 Å². The number of carbonyl (C=O) groups excluding carboxylic acids is 1. The maximum absolute atomic E-state index is 12.3. The molecule has 26 heavy (non-hydrogen) atoms. The number of nitrogens with zero attached hydrogens (tertiary/aromatic N) is 2. The topological polar surface area (TPSA) is 87.5 Å². The van der Waals surface area contributed by atoms with Gasteiger partial charge in [-0.05, 0) is 57.7 Å². The molecule has 1 saturated heterocycles. The van der Waals surface area contributed by atoms with E-state index in [1.165, 1.54) is 25.3 Å². The maximum atomic E-state index is 12.3. The van der Waals surface area contributed by atoms with Gasteiger partial charge >= 0.3 is 0 Å². The number of nitro groups is 1. The van der Waals surface area contributed by atoms with Crippen molar-refractivity contribution < 1.29 is 9.72 Å². The van der Waals surface area contributed by atoms with Gasteiger partial charge in [-0.3, -0.25) is 14.9 Å². The van der Waals surface area contributed by atoms with Gasteiger partial charge in [-0.2, -0.15) is 0 Å². The number of hydrogen-bond donors (Lipinski definition) is 2. The van der Waals surface area contributed by atoms with Gasteiger partial charge in [0, 0.05) is 36.8 Å². The molecule has 1 amide bonds. The SMILES string of the molecule is C[C@H]1CCCCN1CCCNC(=O)c1ccc(NC2CC2)c([N+](=O)[O-])c1. The van der Waals surface area contributed by atoms with E-state index in [0.29, 0.717) is 29.9 Å². The Hall–Kier alpha value is -2.15. The molecular formula is C19H28N4O3. The van der Waals surface area contributed by atoms with Crippen LogP contribution in [0.1, 0.15) is 55.8 Å². The van der Waals surface area contributed by atoms with E-state index < -0.39 is 4.92 Å². The fourth-order valence-electron chi connectivity index (χ4n) is 3.47. The lowest BCUT2D eigenvalue weighted by atomic mass is 10.0. The molecule has 0 spiro atoms. The van der Waals surface area contributed by atoms with E-state index in [0.717, 1.165) is 32.4 Å². The molecule has 1 aliphatic heterocycles. The first-order valence-corrected chi connectivity index (χ1v) is 9.62. The third-order valence-electron chi connectivity index (χ3n) is 5.24. The third kappa shape index (κ3) is 4.94. The van der Waals surface area contributed by atoms with Crippen molar-refractivity contribution in [1.82, 2.24) is 10.2 Å². The van der Waals surface area contributed by atoms with Gasteiger partial charge in [0.05, 0.1) is 4.92 Å². The van der Waals surface area contributed by atoms with Crippen LogP contribution in [-0.4, -0.2) is 47.4 Å². The Morgan fingerprint density at radius 2 is 2.12 bits per heavy atom. The highest BCUT2D eigenvalue weighted by molar-refractivity contribution is 5.95. The summed E-state index contributed by atoms with van der Waals surface area (Å²) in [6, 6.07) is 5.60. The molecule has 7 heteroatoms. The molecule has 1 atom stereocenters. The first-order valence-electron chi connectivity index (χ1n) is 9.62. The van der Waals surface area contributed by atoms with Crippen LogP contribution in [0.15, 0.2) is 18.2 Å². The summed E-state index contributed by atoms with van der Waals surface area (Å²) in [5, 5.41) is 17.3. The Labute approximate surface area is 154 Å². The van der Waals surface area contributed by atoms with Crippen LogP contribution in [-0.2, 0) is 0 Å². The smallest absolute Gasteiger partial charge is 0.293 e. The normalized spacial score (nSPS) is 20.6. The number of nitrogens with one attached hydrogen (secondary N) is 2. The molecule has 2 N–H and O–H groups in total. The van der Waals surface area contributed by atoms with Crippen molar-refractivity contribution in [1.29, 1.82) is 0 Å². The summed E-state index contributed by atoms with van der Waals surface area (Å²) in [5.41, 5.74) is 0.796. The minimum Gasteiger partial charge on any atom is -0.377 e. The van der Waals surface area contributed by atoms with Gasteiger partial charge in [0.1, 0.15) is 5.69 Å². The zero-order valence-corrected chi connectivity index (χ0v) is 15.4. The summed E-state index contributed by atoms with van der Waals surface area (Å²) in [5.74, 6) is -0.252. The van der Waals surface area contributed by atoms with Gasteiger partial charge in [0.25, 0.3) is 11.6 Å². The van der Waals surface area contributed by atoms with Crippen molar-refractivity contribution in [3.63, 3.8) is 0 Å². The summed E-state index contributed by atoms with van der Waals surface area (Å²) in [7, 11) is 0. The highest BCUT2D eigenvalue weighted by atomic mass is 16.6. The summed E-state index contributed by atoms with van der Waals surface area (Å²) < 4.78 is 0. The molecular weight excluding hydrogens is 332 g/mol. The molecule has 0 radical (unpaired) electrons. The number of carbonyl (C=O) groups is 1. The summed E-state index contributed by atoms with van der Waals surface area (Å²) in [6.07, 6.45) is 6.77. The fourth-order valence-corrected chi connectivity index (χ4v) is 3.47. The van der Waals surface area contributed by atoms with Crippen molar-refractivity contribution in [2.24, 2.45) is 0 Å². The molecule has 2 aliphatic rings. The van der Waals surface area contributed by atoms with Crippen LogP contribution >= 0.6 is 0 Å². The minimum absolute atomic E-state index is 0.0355. The Balaban J connectivity index is 1.50. The van der Waals surface area contributed by atoms with Crippen molar-refractivity contribution in [3.8, 4) is 0 Å². The molecule has 0 unspecified atom stereocenters. The molecule has 1 saturated carbocycles. The van der Waals surface area contributed by atoms with Gasteiger partial charge in [-0.15, -0.1) is 0 Å². The van der Waals surface area contributed by atoms with Crippen molar-refractivity contribution in [3.05, 3.63) is 33.9 Å². The number of rotatable bonds is 8. The number of anilines is 1. The Morgan fingerprint density at radius 1 is 1.31 bits per heavy atom. The maximum Gasteiger partial charge on any atom is 0.293 e. The number of piperidine rings is 1. The van der Waals surface area contributed by atoms with Gasteiger partial charge in [-0.1, -0.05) is 6.42 Å². The van der Waals surface area contributed by atoms with E-state index in [2.05, 4.69) is 22.5 Å². The number of amides is 1. The van der Waals surface area contributed by atoms with E-state index in [-0.39, 0.29) is 11.6 Å². The number of hydrogen-bond acceptors (Lipinski definition) is 5. The van der Waals surface area contributed by atoms with Crippen molar-refractivity contribution in [2.45, 2.75) is 57.5 Å². The lowest BCUT2D eigenvalue weighted by molar-refractivity contribution is -0.384. The van der Waals surface area contributed by atoms with Crippen LogP contribution in [0.2, 0.25) is 0 Å². The van der Waals surface area contributed by atoms with Gasteiger partial charge in [0.2, 0.25) is 0 Å². The Bertz CT molecular complexity index is 660. The number of likely N-dealkylation sites (tertiary alicyclic amines) is 1. The lowest BCUT2D eigenvalue weighted by Crippen LogP contribution is -2.39. The monoisotopic (exact) mass is 360 g/mol. The van der Waals surface area contributed by atoms with E-state index in [1.54, 1.807) is 12.1 Å². The van der Waals surface area contributed by atoms with Crippen molar-refractivity contribution >= 4 is 17.3 Å². The second-order valence-electron chi connectivity index (χ2n) is 7.40. The van der Waals surface area contributed by atoms with Crippen LogP contribution < -0.4 is 10.6 Å². The minimum atomic E-state index is -0.431. The summed E-state index contributed by atoms with van der Waals surface area (Å²) in [6.45, 7) is 4.95. The lowest BCUT2D eigenvalue weighted by Gasteiger charge is -2.33. The average Bonchev–Trinajstić information content (AvgIpc) is 3.44. The number of nitro benzene ring substituents is 1. The van der Waals surface area contributed by atoms with Gasteiger partial charge < -0.3 is 15.5 Å². The Morgan fingerprint density at radius 3 is 2.81 bits per heavy atom. The first kappa shape index (κ1) is 18.6. The first-order chi connectivity index (χ1) is 12.5. The molecule has 142 valence electrons. The predicted octanol–water partition coefficient (Wildman–Crippen LogP) is 3.16. The van der Waals surface area contributed by atoms with E-state index in [1.807, 2.05) is 0 Å². The molecule has 1 heterocycles. The highest BCUT2D eigenvalue weighted by Gasteiger charge is 2.25. The molecule has 1 aromatic rings. The standard InChI is InChI=1S/C19H28N4O3/c1-14-5-2-3-11-22(14)12-4-10-20-19(24)15-6-9-17(21-16-7-8-16)18(13-15)23(25)26/h6,9,13-14,16,21H,2-5,7-8,10-12H2,1H3,(H,20,24)/t14-/m0/s1. The molecule has 2 fully saturated rings. The quantitative estimate of drug-likeness (QED) is 0.422. The zero-order valence-electron chi connectivity index (χ0n) is 15.4. The summed E-state index contributed by atoms with van der Waals surface area (Å²) >= 11 is 0. The molecule has 1 aromatic carbocycles. The second kappa shape index (κ2) is 8.49. The van der Waals surface area contributed by atoms with Crippen LogP contribution in [0.25, 0.3) is 0 Å². The van der Waals surface area contributed by atoms with E-state index in [9.17, 15) is 14.9 Å². The second-order valence-corrected chi connectivity index (χ2v) is 7.40. The number of benzene rings is 1. The zero-order chi connectivity index (χ0) is 18.5. The van der Waals surface area contributed by atoms with Crippen LogP contribution in [0, 0.1) is 10.1 Å². The third-order valence-corrected chi connectivity index (χ3v) is 5.24. The van der Waals surface area contributed by atoms with Crippen LogP contribution in [0.3, 0.4) is 0 Å². The highest BCUT2D eigenvalue weighted by Crippen LogP contribution is 2.31. The van der Waals surface area contributed by atoms with Crippen LogP contribution in [0.5, 0.6) is 0 Å². The Kier molecular flexibility index (Phi) is 6.08. The largest absolute Gasteiger partial charge is 0.377 e. The molecule has 7 nitrogen and oxygen atoms in total. The van der Waals surface area contributed by atoms with Gasteiger partial charge in [-0.25, -0.2) is 0 Å². The summed E-state index contributed by atoms with van der Waals surface area (Å²) in [4.78, 5) is 25.6. The van der Waals surface area contributed by atoms with Crippen molar-refractivity contribution in [2.75, 3.05) is 25.0 Å². The predicted molar refractivity (Wildman–Crippen MR) is 102 cm³/mol. The van der Waals surface area contributed by atoms with Crippen LogP contribution in [0.4, 0.5) is 11.4 Å². The molecule has 0 aromatic heterocycles. The van der Waals surface area contributed by atoms with E-state index >= 15 is 0 Å².